The summed E-state index contributed by atoms with van der Waals surface area (Å²) >= 11 is 3.43. The maximum absolute atomic E-state index is 11.7. The van der Waals surface area contributed by atoms with E-state index in [1.807, 2.05) is 24.3 Å². The number of rotatable bonds is 5. The Balaban J connectivity index is 2.07. The Hall–Kier alpha value is -2.21. The minimum atomic E-state index is -0.225. The van der Waals surface area contributed by atoms with Crippen LogP contribution in [0.4, 0.5) is 11.6 Å². The van der Waals surface area contributed by atoms with Crippen LogP contribution >= 0.6 is 15.9 Å². The standard InChI is InChI=1S/C14H13BrN4O/c1-2-7-16-13(20)10-8-17-14(18-9-10)19-12-6-4-3-5-11(12)15/h2-6,8-9H,1,7H2,(H,16,20)(H,17,18,19). The molecule has 1 amide bonds. The Bertz CT molecular complexity index is 613. The summed E-state index contributed by atoms with van der Waals surface area (Å²) in [5.74, 6) is 0.203. The average Bonchev–Trinajstić information content (AvgIpc) is 2.48. The third-order valence-corrected chi connectivity index (χ3v) is 3.13. The van der Waals surface area contributed by atoms with Crippen molar-refractivity contribution < 1.29 is 4.79 Å². The molecule has 0 fully saturated rings. The number of para-hydroxylation sites is 1. The molecule has 0 spiro atoms. The molecule has 1 aromatic carbocycles. The fourth-order valence-electron chi connectivity index (χ4n) is 1.46. The molecule has 0 saturated heterocycles. The summed E-state index contributed by atoms with van der Waals surface area (Å²) in [7, 11) is 0. The van der Waals surface area contributed by atoms with E-state index in [9.17, 15) is 4.79 Å². The van der Waals surface area contributed by atoms with Crippen LogP contribution in [0.25, 0.3) is 0 Å². The van der Waals surface area contributed by atoms with Crippen LogP contribution in [0.3, 0.4) is 0 Å². The SMILES string of the molecule is C=CCNC(=O)c1cnc(Nc2ccccc2Br)nc1. The molecule has 1 heterocycles. The van der Waals surface area contributed by atoms with Gasteiger partial charge in [-0.1, -0.05) is 18.2 Å². The fourth-order valence-corrected chi connectivity index (χ4v) is 1.84. The maximum atomic E-state index is 11.7. The molecule has 0 unspecified atom stereocenters. The lowest BCUT2D eigenvalue weighted by Crippen LogP contribution is -2.23. The number of aromatic nitrogens is 2. The van der Waals surface area contributed by atoms with E-state index in [4.69, 9.17) is 0 Å². The molecule has 5 nitrogen and oxygen atoms in total. The van der Waals surface area contributed by atoms with Crippen molar-refractivity contribution in [3.63, 3.8) is 0 Å². The fraction of sp³-hybridized carbons (Fsp3) is 0.0714. The van der Waals surface area contributed by atoms with Crippen LogP contribution in [0.1, 0.15) is 10.4 Å². The van der Waals surface area contributed by atoms with Gasteiger partial charge in [-0.25, -0.2) is 9.97 Å². The summed E-state index contributed by atoms with van der Waals surface area (Å²) in [4.78, 5) is 19.9. The van der Waals surface area contributed by atoms with Crippen molar-refractivity contribution in [1.29, 1.82) is 0 Å². The highest BCUT2D eigenvalue weighted by molar-refractivity contribution is 9.10. The monoisotopic (exact) mass is 332 g/mol. The summed E-state index contributed by atoms with van der Waals surface area (Å²) < 4.78 is 0.913. The van der Waals surface area contributed by atoms with Gasteiger partial charge in [-0.05, 0) is 28.1 Å². The third-order valence-electron chi connectivity index (χ3n) is 2.44. The lowest BCUT2D eigenvalue weighted by molar-refractivity contribution is 0.0957. The third kappa shape index (κ3) is 3.64. The highest BCUT2D eigenvalue weighted by Gasteiger charge is 2.06. The van der Waals surface area contributed by atoms with Crippen molar-refractivity contribution in [1.82, 2.24) is 15.3 Å². The molecule has 6 heteroatoms. The zero-order chi connectivity index (χ0) is 14.4. The molecule has 0 aliphatic heterocycles. The van der Waals surface area contributed by atoms with Gasteiger partial charge in [0.25, 0.3) is 5.91 Å². The first-order chi connectivity index (χ1) is 9.70. The van der Waals surface area contributed by atoms with Crippen LogP contribution in [-0.2, 0) is 0 Å². The summed E-state index contributed by atoms with van der Waals surface area (Å²) in [5, 5.41) is 5.73. The second-order valence-corrected chi connectivity index (χ2v) is 4.75. The normalized spacial score (nSPS) is 9.85. The zero-order valence-corrected chi connectivity index (χ0v) is 12.2. The summed E-state index contributed by atoms with van der Waals surface area (Å²) in [6.45, 7) is 3.95. The maximum Gasteiger partial charge on any atom is 0.254 e. The molecule has 2 aromatic rings. The van der Waals surface area contributed by atoms with Crippen molar-refractivity contribution in [3.05, 3.63) is 59.4 Å². The van der Waals surface area contributed by atoms with Crippen molar-refractivity contribution in [2.45, 2.75) is 0 Å². The Morgan fingerprint density at radius 1 is 1.30 bits per heavy atom. The molecule has 0 radical (unpaired) electrons. The van der Waals surface area contributed by atoms with Gasteiger partial charge in [0.05, 0.1) is 11.3 Å². The van der Waals surface area contributed by atoms with E-state index in [1.165, 1.54) is 12.4 Å². The van der Waals surface area contributed by atoms with Gasteiger partial charge in [-0.3, -0.25) is 4.79 Å². The molecule has 2 rings (SSSR count). The number of hydrogen-bond donors (Lipinski definition) is 2. The number of hydrogen-bond acceptors (Lipinski definition) is 4. The van der Waals surface area contributed by atoms with Crippen LogP contribution in [-0.4, -0.2) is 22.4 Å². The van der Waals surface area contributed by atoms with Crippen LogP contribution < -0.4 is 10.6 Å². The van der Waals surface area contributed by atoms with E-state index in [0.29, 0.717) is 18.1 Å². The molecule has 102 valence electrons. The molecule has 20 heavy (non-hydrogen) atoms. The Labute approximate surface area is 125 Å². The van der Waals surface area contributed by atoms with E-state index < -0.39 is 0 Å². The van der Waals surface area contributed by atoms with Gasteiger partial charge in [0.2, 0.25) is 5.95 Å². The van der Waals surface area contributed by atoms with Gasteiger partial charge in [0, 0.05) is 23.4 Å². The minimum Gasteiger partial charge on any atom is -0.348 e. The summed E-state index contributed by atoms with van der Waals surface area (Å²) in [6, 6.07) is 7.64. The topological polar surface area (TPSA) is 66.9 Å². The van der Waals surface area contributed by atoms with Gasteiger partial charge >= 0.3 is 0 Å². The zero-order valence-electron chi connectivity index (χ0n) is 10.6. The highest BCUT2D eigenvalue weighted by Crippen LogP contribution is 2.23. The van der Waals surface area contributed by atoms with Crippen LogP contribution in [0, 0.1) is 0 Å². The molecule has 0 aliphatic rings. The average molecular weight is 333 g/mol. The van der Waals surface area contributed by atoms with Crippen molar-refractivity contribution >= 4 is 33.5 Å². The summed E-state index contributed by atoms with van der Waals surface area (Å²) in [6.07, 6.45) is 4.57. The van der Waals surface area contributed by atoms with Gasteiger partial charge in [0.15, 0.2) is 0 Å². The lowest BCUT2D eigenvalue weighted by atomic mass is 10.3. The number of nitrogens with one attached hydrogen (secondary N) is 2. The predicted octanol–water partition coefficient (Wildman–Crippen LogP) is 2.90. The Morgan fingerprint density at radius 2 is 2.00 bits per heavy atom. The number of carbonyl (C=O) groups is 1. The predicted molar refractivity (Wildman–Crippen MR) is 82.0 cm³/mol. The molecule has 0 saturated carbocycles. The summed E-state index contributed by atoms with van der Waals surface area (Å²) in [5.41, 5.74) is 1.26. The Morgan fingerprint density at radius 3 is 2.65 bits per heavy atom. The highest BCUT2D eigenvalue weighted by atomic mass is 79.9. The van der Waals surface area contributed by atoms with Crippen molar-refractivity contribution in [3.8, 4) is 0 Å². The van der Waals surface area contributed by atoms with Gasteiger partial charge in [0.1, 0.15) is 0 Å². The largest absolute Gasteiger partial charge is 0.348 e. The second-order valence-electron chi connectivity index (χ2n) is 3.90. The number of amides is 1. The molecular formula is C14H13BrN4O. The van der Waals surface area contributed by atoms with Gasteiger partial charge < -0.3 is 10.6 Å². The number of benzene rings is 1. The van der Waals surface area contributed by atoms with Gasteiger partial charge in [-0.2, -0.15) is 0 Å². The smallest absolute Gasteiger partial charge is 0.254 e. The van der Waals surface area contributed by atoms with Crippen LogP contribution in [0.5, 0.6) is 0 Å². The van der Waals surface area contributed by atoms with E-state index in [1.54, 1.807) is 6.08 Å². The van der Waals surface area contributed by atoms with Gasteiger partial charge in [-0.15, -0.1) is 6.58 Å². The first kappa shape index (κ1) is 14.2. The molecule has 0 aliphatic carbocycles. The first-order valence-corrected chi connectivity index (χ1v) is 6.72. The molecule has 2 N–H and O–H groups in total. The number of nitrogens with zero attached hydrogens (tertiary/aromatic N) is 2. The molecular weight excluding hydrogens is 320 g/mol. The number of halogens is 1. The van der Waals surface area contributed by atoms with E-state index in [2.05, 4.69) is 43.1 Å². The number of anilines is 2. The van der Waals surface area contributed by atoms with Crippen molar-refractivity contribution in [2.75, 3.05) is 11.9 Å². The molecule has 0 bridgehead atoms. The lowest BCUT2D eigenvalue weighted by Gasteiger charge is -2.07. The minimum absolute atomic E-state index is 0.225. The first-order valence-electron chi connectivity index (χ1n) is 5.93. The Kier molecular flexibility index (Phi) is 4.84. The molecule has 1 aromatic heterocycles. The molecule has 0 atom stereocenters. The number of carbonyl (C=O) groups excluding carboxylic acids is 1. The second kappa shape index (κ2) is 6.81. The van der Waals surface area contributed by atoms with Crippen LogP contribution in [0.2, 0.25) is 0 Å². The van der Waals surface area contributed by atoms with E-state index in [0.717, 1.165) is 10.2 Å². The van der Waals surface area contributed by atoms with E-state index in [-0.39, 0.29) is 5.91 Å². The van der Waals surface area contributed by atoms with Crippen LogP contribution in [0.15, 0.2) is 53.8 Å². The quantitative estimate of drug-likeness (QED) is 0.826. The van der Waals surface area contributed by atoms with E-state index >= 15 is 0 Å². The van der Waals surface area contributed by atoms with Crippen molar-refractivity contribution in [2.24, 2.45) is 0 Å².